The van der Waals surface area contributed by atoms with Crippen molar-refractivity contribution in [2.75, 3.05) is 7.11 Å². The van der Waals surface area contributed by atoms with E-state index in [1.165, 1.54) is 0 Å². The van der Waals surface area contributed by atoms with E-state index in [-0.39, 0.29) is 0 Å². The number of aromatic nitrogens is 1. The number of rotatable bonds is 3. The second-order valence-corrected chi connectivity index (χ2v) is 4.55. The zero-order valence-corrected chi connectivity index (χ0v) is 11.3. The lowest BCUT2D eigenvalue weighted by atomic mass is 10.1. The maximum atomic E-state index is 11.0. The van der Waals surface area contributed by atoms with E-state index in [2.05, 4.69) is 4.98 Å². The summed E-state index contributed by atoms with van der Waals surface area (Å²) in [7, 11) is 1.60. The van der Waals surface area contributed by atoms with Crippen molar-refractivity contribution < 1.29 is 13.9 Å². The molecule has 0 spiro atoms. The van der Waals surface area contributed by atoms with Crippen molar-refractivity contribution in [1.29, 1.82) is 0 Å². The summed E-state index contributed by atoms with van der Waals surface area (Å²) in [5.74, 6) is 1.20. The van der Waals surface area contributed by atoms with E-state index >= 15 is 0 Å². The molecule has 0 amide bonds. The number of methoxy groups -OCH3 is 1. The Labute approximate surface area is 119 Å². The molecule has 1 heterocycles. The Morgan fingerprint density at radius 3 is 2.60 bits per heavy atom. The average molecular weight is 288 g/mol. The lowest BCUT2D eigenvalue weighted by molar-refractivity contribution is 0.108. The number of fused-ring (bicyclic) bond motifs is 1. The number of hydrogen-bond donors (Lipinski definition) is 0. The van der Waals surface area contributed by atoms with Gasteiger partial charge in [-0.2, -0.15) is 0 Å². The van der Waals surface area contributed by atoms with Gasteiger partial charge >= 0.3 is 0 Å². The third-order valence-electron chi connectivity index (χ3n) is 2.95. The second-order valence-electron chi connectivity index (χ2n) is 4.20. The summed E-state index contributed by atoms with van der Waals surface area (Å²) in [5.41, 5.74) is 2.62. The minimum atomic E-state index is -0.487. The van der Waals surface area contributed by atoms with E-state index in [4.69, 9.17) is 20.8 Å². The SMILES string of the molecule is COc1ccc2nc(-c3ccc(C(=O)Cl)cc3)oc2c1. The summed E-state index contributed by atoms with van der Waals surface area (Å²) in [6, 6.07) is 12.2. The number of carbonyl (C=O) groups is 1. The molecule has 0 unspecified atom stereocenters. The predicted octanol–water partition coefficient (Wildman–Crippen LogP) is 3.88. The van der Waals surface area contributed by atoms with Crippen LogP contribution >= 0.6 is 11.6 Å². The summed E-state index contributed by atoms with van der Waals surface area (Å²) in [5, 5.41) is -0.487. The molecule has 0 aliphatic carbocycles. The van der Waals surface area contributed by atoms with Crippen molar-refractivity contribution in [3.05, 3.63) is 48.0 Å². The van der Waals surface area contributed by atoms with Gasteiger partial charge < -0.3 is 9.15 Å². The molecule has 0 N–H and O–H groups in total. The highest BCUT2D eigenvalue weighted by atomic mass is 35.5. The van der Waals surface area contributed by atoms with Crippen LogP contribution in [0.4, 0.5) is 0 Å². The largest absolute Gasteiger partial charge is 0.497 e. The molecule has 2 aromatic carbocycles. The summed E-state index contributed by atoms with van der Waals surface area (Å²) in [4.78, 5) is 15.4. The van der Waals surface area contributed by atoms with Crippen LogP contribution in [0.1, 0.15) is 10.4 Å². The van der Waals surface area contributed by atoms with Gasteiger partial charge in [0.05, 0.1) is 7.11 Å². The normalized spacial score (nSPS) is 10.7. The number of hydrogen-bond acceptors (Lipinski definition) is 4. The van der Waals surface area contributed by atoms with Crippen LogP contribution in [-0.2, 0) is 0 Å². The quantitative estimate of drug-likeness (QED) is 0.686. The summed E-state index contributed by atoms with van der Waals surface area (Å²) in [6.45, 7) is 0. The van der Waals surface area contributed by atoms with E-state index < -0.39 is 5.24 Å². The average Bonchev–Trinajstić information content (AvgIpc) is 2.90. The van der Waals surface area contributed by atoms with Crippen molar-refractivity contribution in [3.63, 3.8) is 0 Å². The van der Waals surface area contributed by atoms with E-state index in [1.54, 1.807) is 37.4 Å². The molecule has 20 heavy (non-hydrogen) atoms. The number of nitrogens with zero attached hydrogens (tertiary/aromatic N) is 1. The Kier molecular flexibility index (Phi) is 3.16. The molecule has 0 atom stereocenters. The molecular formula is C15H10ClNO3. The van der Waals surface area contributed by atoms with E-state index in [9.17, 15) is 4.79 Å². The lowest BCUT2D eigenvalue weighted by Crippen LogP contribution is -1.87. The maximum Gasteiger partial charge on any atom is 0.252 e. The fraction of sp³-hybridized carbons (Fsp3) is 0.0667. The van der Waals surface area contributed by atoms with Crippen LogP contribution in [-0.4, -0.2) is 17.3 Å². The molecular weight excluding hydrogens is 278 g/mol. The summed E-state index contributed by atoms with van der Waals surface area (Å²) in [6.07, 6.45) is 0. The smallest absolute Gasteiger partial charge is 0.252 e. The van der Waals surface area contributed by atoms with Gasteiger partial charge in [-0.25, -0.2) is 4.98 Å². The van der Waals surface area contributed by atoms with Crippen molar-refractivity contribution >= 4 is 27.9 Å². The Bertz CT molecular complexity index is 777. The molecule has 0 aliphatic rings. The maximum absolute atomic E-state index is 11.0. The topological polar surface area (TPSA) is 52.3 Å². The first-order valence-corrected chi connectivity index (χ1v) is 6.30. The van der Waals surface area contributed by atoms with Gasteiger partial charge in [0.2, 0.25) is 5.89 Å². The fourth-order valence-corrected chi connectivity index (χ4v) is 2.03. The number of benzene rings is 2. The second kappa shape index (κ2) is 4.98. The van der Waals surface area contributed by atoms with Crippen LogP contribution in [0.2, 0.25) is 0 Å². The van der Waals surface area contributed by atoms with Crippen LogP contribution < -0.4 is 4.74 Å². The molecule has 3 rings (SSSR count). The molecule has 100 valence electrons. The third kappa shape index (κ3) is 2.26. The molecule has 0 saturated heterocycles. The highest BCUT2D eigenvalue weighted by Crippen LogP contribution is 2.27. The monoisotopic (exact) mass is 287 g/mol. The fourth-order valence-electron chi connectivity index (χ4n) is 1.90. The highest BCUT2D eigenvalue weighted by Gasteiger charge is 2.10. The van der Waals surface area contributed by atoms with Gasteiger partial charge in [-0.05, 0) is 48.0 Å². The highest BCUT2D eigenvalue weighted by molar-refractivity contribution is 6.67. The van der Waals surface area contributed by atoms with Crippen LogP contribution in [0.15, 0.2) is 46.9 Å². The third-order valence-corrected chi connectivity index (χ3v) is 3.17. The number of ether oxygens (including phenoxy) is 1. The Morgan fingerprint density at radius 2 is 1.95 bits per heavy atom. The van der Waals surface area contributed by atoms with Gasteiger partial charge in [0, 0.05) is 17.2 Å². The molecule has 0 bridgehead atoms. The molecule has 0 aliphatic heterocycles. The van der Waals surface area contributed by atoms with Crippen LogP contribution in [0.25, 0.3) is 22.6 Å². The van der Waals surface area contributed by atoms with E-state index in [0.717, 1.165) is 11.1 Å². The summed E-state index contributed by atoms with van der Waals surface area (Å²) >= 11 is 5.41. The first-order valence-electron chi connectivity index (χ1n) is 5.92. The summed E-state index contributed by atoms with van der Waals surface area (Å²) < 4.78 is 10.8. The van der Waals surface area contributed by atoms with Gasteiger partial charge in [0.15, 0.2) is 5.58 Å². The van der Waals surface area contributed by atoms with Crippen molar-refractivity contribution in [3.8, 4) is 17.2 Å². The standard InChI is InChI=1S/C15H10ClNO3/c1-19-11-6-7-12-13(8-11)20-15(17-12)10-4-2-9(3-5-10)14(16)18/h2-8H,1H3. The number of carbonyl (C=O) groups excluding carboxylic acids is 1. The zero-order valence-electron chi connectivity index (χ0n) is 10.6. The predicted molar refractivity (Wildman–Crippen MR) is 76.2 cm³/mol. The molecule has 3 aromatic rings. The number of halogens is 1. The molecule has 0 saturated carbocycles. The van der Waals surface area contributed by atoms with Crippen molar-refractivity contribution in [2.45, 2.75) is 0 Å². The van der Waals surface area contributed by atoms with Crippen LogP contribution in [0.5, 0.6) is 5.75 Å². The van der Waals surface area contributed by atoms with Gasteiger partial charge in [0.1, 0.15) is 11.3 Å². The Morgan fingerprint density at radius 1 is 1.20 bits per heavy atom. The lowest BCUT2D eigenvalue weighted by Gasteiger charge is -1.96. The minimum Gasteiger partial charge on any atom is -0.497 e. The van der Waals surface area contributed by atoms with Crippen molar-refractivity contribution in [1.82, 2.24) is 4.98 Å². The van der Waals surface area contributed by atoms with Crippen LogP contribution in [0.3, 0.4) is 0 Å². The van der Waals surface area contributed by atoms with Gasteiger partial charge in [0.25, 0.3) is 5.24 Å². The van der Waals surface area contributed by atoms with Gasteiger partial charge in [-0.15, -0.1) is 0 Å². The minimum absolute atomic E-state index is 0.438. The van der Waals surface area contributed by atoms with Gasteiger partial charge in [-0.1, -0.05) is 0 Å². The van der Waals surface area contributed by atoms with Gasteiger partial charge in [-0.3, -0.25) is 4.79 Å². The van der Waals surface area contributed by atoms with E-state index in [1.807, 2.05) is 12.1 Å². The first-order chi connectivity index (χ1) is 9.67. The van der Waals surface area contributed by atoms with Crippen LogP contribution in [0, 0.1) is 0 Å². The molecule has 1 aromatic heterocycles. The molecule has 5 heteroatoms. The zero-order chi connectivity index (χ0) is 14.1. The van der Waals surface area contributed by atoms with Crippen molar-refractivity contribution in [2.24, 2.45) is 0 Å². The molecule has 0 radical (unpaired) electrons. The number of oxazole rings is 1. The van der Waals surface area contributed by atoms with E-state index in [0.29, 0.717) is 22.8 Å². The molecule has 0 fully saturated rings. The molecule has 4 nitrogen and oxygen atoms in total. The Hall–Kier alpha value is -2.33. The first kappa shape index (κ1) is 12.7. The Balaban J connectivity index is 2.03.